The first-order chi connectivity index (χ1) is 32.2. The molecule has 0 amide bonds. The Morgan fingerprint density at radius 1 is 0.385 bits per heavy atom. The third-order valence-corrected chi connectivity index (χ3v) is 12.6. The van der Waals surface area contributed by atoms with Gasteiger partial charge in [0.2, 0.25) is 0 Å². The summed E-state index contributed by atoms with van der Waals surface area (Å²) in [5.74, 6) is 1.59. The van der Waals surface area contributed by atoms with E-state index in [0.29, 0.717) is 23.0 Å². The standard InChI is InChI=1S/C58H34N6O/c59-35-41-33-40(58-61-56(37-16-5-2-6-17-37)60-57(62-58)39-19-13-18-38(32-39)36-14-3-1-4-15-36)26-29-48(41)64-49-23-10-7-20-43(49)45-28-30-51-54(55(45)64)46-22-8-11-24-50(46)63(51)42-27-31-53-47(34-42)44-21-9-12-25-52(44)65-53/h1-34H. The number of furan rings is 1. The van der Waals surface area contributed by atoms with Gasteiger partial charge in [-0.1, -0.05) is 140 Å². The molecular formula is C58H34N6O. The normalized spacial score (nSPS) is 11.7. The zero-order valence-electron chi connectivity index (χ0n) is 34.7. The fourth-order valence-electron chi connectivity index (χ4n) is 9.67. The van der Waals surface area contributed by atoms with Crippen LogP contribution in [-0.4, -0.2) is 24.1 Å². The van der Waals surface area contributed by atoms with Crippen molar-refractivity contribution < 1.29 is 4.42 Å². The van der Waals surface area contributed by atoms with Crippen LogP contribution in [-0.2, 0) is 0 Å². The summed E-state index contributed by atoms with van der Waals surface area (Å²) in [5.41, 5.74) is 12.9. The molecule has 7 heteroatoms. The summed E-state index contributed by atoms with van der Waals surface area (Å²) >= 11 is 0. The van der Waals surface area contributed by atoms with Crippen LogP contribution in [0.5, 0.6) is 0 Å². The third kappa shape index (κ3) is 5.78. The number of nitrogens with zero attached hydrogens (tertiary/aromatic N) is 6. The van der Waals surface area contributed by atoms with E-state index >= 15 is 0 Å². The number of nitriles is 1. The number of hydrogen-bond donors (Lipinski definition) is 0. The topological polar surface area (TPSA) is 85.5 Å². The van der Waals surface area contributed by atoms with Crippen molar-refractivity contribution in [2.24, 2.45) is 0 Å². The van der Waals surface area contributed by atoms with Crippen molar-refractivity contribution in [2.45, 2.75) is 0 Å². The molecule has 0 saturated carbocycles. The third-order valence-electron chi connectivity index (χ3n) is 12.6. The highest BCUT2D eigenvalue weighted by atomic mass is 16.3. The van der Waals surface area contributed by atoms with E-state index in [0.717, 1.165) is 105 Å². The van der Waals surface area contributed by atoms with Crippen LogP contribution in [0.2, 0.25) is 0 Å². The molecule has 13 rings (SSSR count). The van der Waals surface area contributed by atoms with Crippen LogP contribution >= 0.6 is 0 Å². The second-order valence-corrected chi connectivity index (χ2v) is 16.3. The second-order valence-electron chi connectivity index (χ2n) is 16.3. The van der Waals surface area contributed by atoms with E-state index in [2.05, 4.69) is 130 Å². The number of para-hydroxylation sites is 3. The number of hydrogen-bond acceptors (Lipinski definition) is 5. The van der Waals surface area contributed by atoms with Crippen LogP contribution < -0.4 is 0 Å². The van der Waals surface area contributed by atoms with Gasteiger partial charge < -0.3 is 13.6 Å². The number of benzene rings is 9. The van der Waals surface area contributed by atoms with E-state index in [-0.39, 0.29) is 0 Å². The van der Waals surface area contributed by atoms with Crippen LogP contribution in [0.3, 0.4) is 0 Å². The monoisotopic (exact) mass is 830 g/mol. The van der Waals surface area contributed by atoms with E-state index in [9.17, 15) is 5.26 Å². The highest BCUT2D eigenvalue weighted by molar-refractivity contribution is 6.26. The minimum Gasteiger partial charge on any atom is -0.456 e. The van der Waals surface area contributed by atoms with Crippen molar-refractivity contribution in [3.05, 3.63) is 212 Å². The lowest BCUT2D eigenvalue weighted by molar-refractivity contribution is 0.669. The summed E-state index contributed by atoms with van der Waals surface area (Å²) in [6, 6.07) is 73.2. The Hall–Kier alpha value is -9.12. The summed E-state index contributed by atoms with van der Waals surface area (Å²) in [5, 5.41) is 17.7. The van der Waals surface area contributed by atoms with Crippen LogP contribution in [0.25, 0.3) is 122 Å². The summed E-state index contributed by atoms with van der Waals surface area (Å²) in [6.45, 7) is 0. The predicted octanol–water partition coefficient (Wildman–Crippen LogP) is 14.5. The lowest BCUT2D eigenvalue weighted by atomic mass is 10.0. The minimum absolute atomic E-state index is 0.483. The highest BCUT2D eigenvalue weighted by Gasteiger charge is 2.23. The first-order valence-electron chi connectivity index (χ1n) is 21.6. The maximum absolute atomic E-state index is 11.1. The summed E-state index contributed by atoms with van der Waals surface area (Å²) in [6.07, 6.45) is 0. The van der Waals surface area contributed by atoms with Gasteiger partial charge in [0, 0.05) is 54.7 Å². The zero-order valence-corrected chi connectivity index (χ0v) is 34.7. The van der Waals surface area contributed by atoms with Gasteiger partial charge in [-0.05, 0) is 77.9 Å². The minimum atomic E-state index is 0.483. The molecule has 0 radical (unpaired) electrons. The van der Waals surface area contributed by atoms with Gasteiger partial charge in [-0.15, -0.1) is 0 Å². The molecule has 65 heavy (non-hydrogen) atoms. The summed E-state index contributed by atoms with van der Waals surface area (Å²) in [7, 11) is 0. The van der Waals surface area contributed by atoms with Crippen LogP contribution in [0, 0.1) is 11.3 Å². The fraction of sp³-hybridized carbons (Fsp3) is 0. The highest BCUT2D eigenvalue weighted by Crippen LogP contribution is 2.43. The van der Waals surface area contributed by atoms with Gasteiger partial charge in [-0.2, -0.15) is 5.26 Å². The molecule has 0 atom stereocenters. The summed E-state index contributed by atoms with van der Waals surface area (Å²) in [4.78, 5) is 15.1. The van der Waals surface area contributed by atoms with Gasteiger partial charge in [-0.3, -0.25) is 0 Å². The van der Waals surface area contributed by atoms with Crippen LogP contribution in [0.4, 0.5) is 0 Å². The van der Waals surface area contributed by atoms with Gasteiger partial charge in [0.15, 0.2) is 17.5 Å². The van der Waals surface area contributed by atoms with E-state index in [1.54, 1.807) is 0 Å². The summed E-state index contributed by atoms with van der Waals surface area (Å²) < 4.78 is 10.8. The van der Waals surface area contributed by atoms with Crippen LogP contribution in [0.15, 0.2) is 211 Å². The lowest BCUT2D eigenvalue weighted by Crippen LogP contribution is -2.02. The molecule has 0 spiro atoms. The first kappa shape index (κ1) is 36.5. The van der Waals surface area contributed by atoms with Gasteiger partial charge in [-0.25, -0.2) is 15.0 Å². The second kappa shape index (κ2) is 14.5. The fourth-order valence-corrected chi connectivity index (χ4v) is 9.67. The molecule has 0 bridgehead atoms. The molecule has 0 saturated heterocycles. The molecule has 9 aromatic carbocycles. The molecule has 0 aliphatic heterocycles. The van der Waals surface area contributed by atoms with Crippen molar-refractivity contribution in [1.82, 2.24) is 24.1 Å². The van der Waals surface area contributed by atoms with Crippen molar-refractivity contribution >= 4 is 65.6 Å². The van der Waals surface area contributed by atoms with Crippen molar-refractivity contribution in [1.29, 1.82) is 5.26 Å². The molecule has 7 nitrogen and oxygen atoms in total. The Morgan fingerprint density at radius 2 is 0.985 bits per heavy atom. The predicted molar refractivity (Wildman–Crippen MR) is 262 cm³/mol. The Morgan fingerprint density at radius 3 is 1.75 bits per heavy atom. The average molecular weight is 831 g/mol. The molecule has 13 aromatic rings. The van der Waals surface area contributed by atoms with Crippen molar-refractivity contribution in [2.75, 3.05) is 0 Å². The number of fused-ring (bicyclic) bond motifs is 10. The molecule has 302 valence electrons. The smallest absolute Gasteiger partial charge is 0.164 e. The van der Waals surface area contributed by atoms with E-state index in [1.165, 1.54) is 0 Å². The first-order valence-corrected chi connectivity index (χ1v) is 21.6. The van der Waals surface area contributed by atoms with Crippen molar-refractivity contribution in [3.63, 3.8) is 0 Å². The largest absolute Gasteiger partial charge is 0.456 e. The quantitative estimate of drug-likeness (QED) is 0.167. The van der Waals surface area contributed by atoms with Gasteiger partial charge >= 0.3 is 0 Å². The Labute approximate surface area is 372 Å². The molecule has 4 heterocycles. The van der Waals surface area contributed by atoms with Crippen molar-refractivity contribution in [3.8, 4) is 62.7 Å². The molecule has 0 aliphatic rings. The van der Waals surface area contributed by atoms with E-state index in [4.69, 9.17) is 19.4 Å². The average Bonchev–Trinajstić information content (AvgIpc) is 4.04. The zero-order chi connectivity index (χ0) is 43.0. The Bertz CT molecular complexity index is 4080. The van der Waals surface area contributed by atoms with Crippen LogP contribution in [0.1, 0.15) is 5.56 Å². The van der Waals surface area contributed by atoms with Gasteiger partial charge in [0.25, 0.3) is 0 Å². The van der Waals surface area contributed by atoms with E-state index < -0.39 is 0 Å². The number of aromatic nitrogens is 5. The molecule has 0 fully saturated rings. The molecule has 0 aliphatic carbocycles. The lowest BCUT2D eigenvalue weighted by Gasteiger charge is -2.13. The maximum Gasteiger partial charge on any atom is 0.164 e. The van der Waals surface area contributed by atoms with E-state index in [1.807, 2.05) is 91.0 Å². The molecule has 0 N–H and O–H groups in total. The molecule has 4 aromatic heterocycles. The molecule has 0 unspecified atom stereocenters. The van der Waals surface area contributed by atoms with Gasteiger partial charge in [0.1, 0.15) is 17.2 Å². The SMILES string of the molecule is N#Cc1cc(-c2nc(-c3ccccc3)nc(-c3cccc(-c4ccccc4)c3)n2)ccc1-n1c2ccccc2c2ccc3c(c4ccccc4n3-c3ccc4oc5ccccc5c4c3)c21. The number of rotatable bonds is 6. The Balaban J connectivity index is 1.02. The maximum atomic E-state index is 11.1. The Kier molecular flexibility index (Phi) is 8.14. The van der Waals surface area contributed by atoms with Gasteiger partial charge in [0.05, 0.1) is 33.3 Å². The molecular weight excluding hydrogens is 797 g/mol.